The van der Waals surface area contributed by atoms with Gasteiger partial charge >= 0.3 is 0 Å². The average Bonchev–Trinajstić information content (AvgIpc) is 2.79. The zero-order valence-electron chi connectivity index (χ0n) is 8.76. The summed E-state index contributed by atoms with van der Waals surface area (Å²) in [6.45, 7) is 1.13. The van der Waals surface area contributed by atoms with Crippen LogP contribution in [0.2, 0.25) is 0 Å². The highest BCUT2D eigenvalue weighted by molar-refractivity contribution is 4.79. The minimum Gasteiger partial charge on any atom is -0.370 e. The van der Waals surface area contributed by atoms with Gasteiger partial charge in [0.05, 0.1) is 6.10 Å². The second-order valence-corrected chi connectivity index (χ2v) is 3.98. The van der Waals surface area contributed by atoms with Crippen LogP contribution < -0.4 is 5.73 Å². The maximum atomic E-state index is 5.77. The van der Waals surface area contributed by atoms with Gasteiger partial charge in [0.1, 0.15) is 6.61 Å². The first-order chi connectivity index (χ1) is 7.40. The molecule has 5 heteroatoms. The number of hydrogen-bond acceptors (Lipinski definition) is 5. The third-order valence-electron chi connectivity index (χ3n) is 2.98. The Balaban J connectivity index is 1.81. The third kappa shape index (κ3) is 2.76. The van der Waals surface area contributed by atoms with E-state index in [2.05, 4.69) is 14.7 Å². The van der Waals surface area contributed by atoms with Crippen molar-refractivity contribution in [3.63, 3.8) is 0 Å². The van der Waals surface area contributed by atoms with Gasteiger partial charge in [0.15, 0.2) is 5.82 Å². The fourth-order valence-electron chi connectivity index (χ4n) is 2.10. The molecule has 0 amide bonds. The second kappa shape index (κ2) is 5.23. The summed E-state index contributed by atoms with van der Waals surface area (Å²) >= 11 is 0. The van der Waals surface area contributed by atoms with Crippen LogP contribution in [-0.2, 0) is 11.3 Å². The van der Waals surface area contributed by atoms with Gasteiger partial charge < -0.3 is 15.0 Å². The van der Waals surface area contributed by atoms with E-state index in [9.17, 15) is 0 Å². The predicted molar refractivity (Wildman–Crippen MR) is 53.9 cm³/mol. The first-order valence-corrected chi connectivity index (χ1v) is 5.47. The van der Waals surface area contributed by atoms with Gasteiger partial charge in [-0.15, -0.1) is 0 Å². The summed E-state index contributed by atoms with van der Waals surface area (Å²) in [7, 11) is 0. The van der Waals surface area contributed by atoms with Crippen molar-refractivity contribution in [3.8, 4) is 0 Å². The molecule has 2 N–H and O–H groups in total. The SMILES string of the molecule is NCC1CCCCC1OCc1ncon1. The van der Waals surface area contributed by atoms with Gasteiger partial charge in [-0.25, -0.2) is 0 Å². The van der Waals surface area contributed by atoms with Crippen LogP contribution in [0.4, 0.5) is 0 Å². The molecule has 1 fully saturated rings. The Morgan fingerprint density at radius 1 is 1.47 bits per heavy atom. The highest BCUT2D eigenvalue weighted by atomic mass is 16.5. The molecule has 1 saturated carbocycles. The highest BCUT2D eigenvalue weighted by Gasteiger charge is 2.24. The van der Waals surface area contributed by atoms with Crippen LogP contribution in [0.15, 0.2) is 10.9 Å². The Kier molecular flexibility index (Phi) is 3.69. The first-order valence-electron chi connectivity index (χ1n) is 5.47. The number of nitrogens with zero attached hydrogens (tertiary/aromatic N) is 2. The van der Waals surface area contributed by atoms with E-state index in [1.54, 1.807) is 0 Å². The van der Waals surface area contributed by atoms with Gasteiger partial charge in [-0.05, 0) is 25.3 Å². The van der Waals surface area contributed by atoms with E-state index in [1.807, 2.05) is 0 Å². The minimum absolute atomic E-state index is 0.266. The molecule has 1 aromatic heterocycles. The molecule has 0 radical (unpaired) electrons. The van der Waals surface area contributed by atoms with Crippen LogP contribution in [0, 0.1) is 5.92 Å². The third-order valence-corrected chi connectivity index (χ3v) is 2.98. The van der Waals surface area contributed by atoms with Crippen LogP contribution in [0.3, 0.4) is 0 Å². The van der Waals surface area contributed by atoms with E-state index in [0.717, 1.165) is 6.42 Å². The Morgan fingerprint density at radius 3 is 3.07 bits per heavy atom. The highest BCUT2D eigenvalue weighted by Crippen LogP contribution is 2.26. The zero-order valence-corrected chi connectivity index (χ0v) is 8.76. The molecule has 0 bridgehead atoms. The quantitative estimate of drug-likeness (QED) is 0.807. The van der Waals surface area contributed by atoms with Gasteiger partial charge in [-0.2, -0.15) is 4.98 Å². The molecule has 1 aromatic rings. The largest absolute Gasteiger partial charge is 0.370 e. The van der Waals surface area contributed by atoms with Crippen LogP contribution >= 0.6 is 0 Å². The molecule has 1 aliphatic rings. The lowest BCUT2D eigenvalue weighted by molar-refractivity contribution is -0.0215. The molecule has 0 saturated heterocycles. The van der Waals surface area contributed by atoms with Gasteiger partial charge in [0.2, 0.25) is 6.39 Å². The summed E-state index contributed by atoms with van der Waals surface area (Å²) in [5.74, 6) is 1.10. The van der Waals surface area contributed by atoms with Crippen molar-refractivity contribution < 1.29 is 9.26 Å². The fourth-order valence-corrected chi connectivity index (χ4v) is 2.10. The molecule has 5 nitrogen and oxygen atoms in total. The van der Waals surface area contributed by atoms with E-state index < -0.39 is 0 Å². The van der Waals surface area contributed by atoms with Gasteiger partial charge in [0, 0.05) is 0 Å². The standard InChI is InChI=1S/C10H17N3O2/c11-5-8-3-1-2-4-9(8)14-6-10-12-7-15-13-10/h7-9H,1-6,11H2. The summed E-state index contributed by atoms with van der Waals surface area (Å²) in [5.41, 5.74) is 5.71. The van der Waals surface area contributed by atoms with E-state index in [-0.39, 0.29) is 6.10 Å². The van der Waals surface area contributed by atoms with Crippen LogP contribution in [0.1, 0.15) is 31.5 Å². The zero-order chi connectivity index (χ0) is 10.5. The van der Waals surface area contributed by atoms with E-state index >= 15 is 0 Å². The second-order valence-electron chi connectivity index (χ2n) is 3.98. The lowest BCUT2D eigenvalue weighted by Gasteiger charge is -2.30. The molecule has 0 aromatic carbocycles. The summed E-state index contributed by atoms with van der Waals surface area (Å²) in [6.07, 6.45) is 6.35. The van der Waals surface area contributed by atoms with Crippen molar-refractivity contribution in [2.24, 2.45) is 11.7 Å². The lowest BCUT2D eigenvalue weighted by Crippen LogP contribution is -2.33. The van der Waals surface area contributed by atoms with Crippen LogP contribution in [0.5, 0.6) is 0 Å². The fraction of sp³-hybridized carbons (Fsp3) is 0.800. The number of rotatable bonds is 4. The van der Waals surface area contributed by atoms with Crippen molar-refractivity contribution in [3.05, 3.63) is 12.2 Å². The Bertz CT molecular complexity index is 276. The first kappa shape index (κ1) is 10.6. The van der Waals surface area contributed by atoms with E-state index in [1.165, 1.54) is 25.7 Å². The molecule has 2 rings (SSSR count). The maximum absolute atomic E-state index is 5.77. The van der Waals surface area contributed by atoms with Crippen molar-refractivity contribution >= 4 is 0 Å². The molecule has 2 atom stereocenters. The Morgan fingerprint density at radius 2 is 2.33 bits per heavy atom. The number of aromatic nitrogens is 2. The monoisotopic (exact) mass is 211 g/mol. The van der Waals surface area contributed by atoms with Crippen molar-refractivity contribution in [2.45, 2.75) is 38.4 Å². The summed E-state index contributed by atoms with van der Waals surface area (Å²) in [5, 5.41) is 3.71. The number of hydrogen-bond donors (Lipinski definition) is 1. The van der Waals surface area contributed by atoms with E-state index in [0.29, 0.717) is 24.9 Å². The minimum atomic E-state index is 0.266. The summed E-state index contributed by atoms with van der Waals surface area (Å²) in [6, 6.07) is 0. The van der Waals surface area contributed by atoms with Crippen molar-refractivity contribution in [2.75, 3.05) is 6.54 Å². The van der Waals surface area contributed by atoms with Gasteiger partial charge in [0.25, 0.3) is 0 Å². The maximum Gasteiger partial charge on any atom is 0.213 e. The number of ether oxygens (including phenoxy) is 1. The Hall–Kier alpha value is -0.940. The molecule has 0 spiro atoms. The molecule has 84 valence electrons. The molecule has 15 heavy (non-hydrogen) atoms. The van der Waals surface area contributed by atoms with Crippen LogP contribution in [0.25, 0.3) is 0 Å². The number of nitrogens with two attached hydrogens (primary N) is 1. The van der Waals surface area contributed by atoms with E-state index in [4.69, 9.17) is 10.5 Å². The predicted octanol–water partition coefficient (Wildman–Crippen LogP) is 1.10. The van der Waals surface area contributed by atoms with Crippen LogP contribution in [-0.4, -0.2) is 22.8 Å². The van der Waals surface area contributed by atoms with Gasteiger partial charge in [-0.3, -0.25) is 0 Å². The molecule has 0 aliphatic heterocycles. The average molecular weight is 211 g/mol. The summed E-state index contributed by atoms with van der Waals surface area (Å²) < 4.78 is 10.4. The molecule has 1 aliphatic carbocycles. The molecule has 1 heterocycles. The lowest BCUT2D eigenvalue weighted by atomic mass is 9.86. The summed E-state index contributed by atoms with van der Waals surface area (Å²) in [4.78, 5) is 3.92. The van der Waals surface area contributed by atoms with Crippen molar-refractivity contribution in [1.29, 1.82) is 0 Å². The molecular formula is C10H17N3O2. The molecule has 2 unspecified atom stereocenters. The normalized spacial score (nSPS) is 26.7. The topological polar surface area (TPSA) is 74.2 Å². The smallest absolute Gasteiger partial charge is 0.213 e. The van der Waals surface area contributed by atoms with Gasteiger partial charge in [-0.1, -0.05) is 18.0 Å². The van der Waals surface area contributed by atoms with Crippen molar-refractivity contribution in [1.82, 2.24) is 10.1 Å². The molecular weight excluding hydrogens is 194 g/mol. The Labute approximate surface area is 89.0 Å².